The smallest absolute Gasteiger partial charge is 0.337 e. The van der Waals surface area contributed by atoms with Gasteiger partial charge in [-0.1, -0.05) is 49.5 Å². The number of nitrogens with zero attached hydrogens (tertiary/aromatic N) is 1. The maximum Gasteiger partial charge on any atom is 0.337 e. The average molecular weight is 378 g/mol. The first-order chi connectivity index (χ1) is 11.9. The maximum atomic E-state index is 12.5. The molecule has 8 heteroatoms. The molecule has 25 heavy (non-hydrogen) atoms. The minimum Gasteiger partial charge on any atom is -0.548 e. The topological polar surface area (TPSA) is 86.7 Å². The molecule has 1 aromatic rings. The molecule has 0 aliphatic carbocycles. The number of ether oxygens (including phenoxy) is 1. The van der Waals surface area contributed by atoms with Gasteiger partial charge in [0.05, 0.1) is 29.6 Å². The summed E-state index contributed by atoms with van der Waals surface area (Å²) in [5, 5.41) is 11.3. The van der Waals surface area contributed by atoms with Gasteiger partial charge in [0.25, 0.3) is 5.91 Å². The van der Waals surface area contributed by atoms with E-state index in [1.54, 1.807) is 30.3 Å². The molecule has 0 spiro atoms. The summed E-state index contributed by atoms with van der Waals surface area (Å²) in [5.41, 5.74) is 1.08. The number of carbonyl (C=O) groups excluding carboxylic acids is 3. The van der Waals surface area contributed by atoms with Gasteiger partial charge in [0.1, 0.15) is 4.32 Å². The van der Waals surface area contributed by atoms with Crippen LogP contribution in [-0.2, 0) is 14.3 Å². The van der Waals surface area contributed by atoms with Crippen LogP contribution in [0.25, 0.3) is 6.08 Å². The maximum absolute atomic E-state index is 12.5. The number of methoxy groups -OCH3 is 1. The lowest BCUT2D eigenvalue weighted by molar-refractivity contribution is -0.310. The van der Waals surface area contributed by atoms with E-state index >= 15 is 0 Å². The number of carbonyl (C=O) groups is 3. The van der Waals surface area contributed by atoms with Gasteiger partial charge in [-0.25, -0.2) is 4.79 Å². The fourth-order valence-electron chi connectivity index (χ4n) is 2.36. The van der Waals surface area contributed by atoms with E-state index in [9.17, 15) is 19.5 Å². The summed E-state index contributed by atoms with van der Waals surface area (Å²) < 4.78 is 4.83. The lowest BCUT2D eigenvalue weighted by atomic mass is 10.1. The molecule has 1 saturated heterocycles. The van der Waals surface area contributed by atoms with Crippen LogP contribution in [-0.4, -0.2) is 40.2 Å². The molecule has 1 aliphatic heterocycles. The summed E-state index contributed by atoms with van der Waals surface area (Å²) in [6, 6.07) is 5.44. The second kappa shape index (κ2) is 8.26. The second-order valence-corrected chi connectivity index (χ2v) is 6.96. The molecule has 132 valence electrons. The molecule has 0 unspecified atom stereocenters. The molecule has 1 fully saturated rings. The number of thioether (sulfide) groups is 1. The van der Waals surface area contributed by atoms with E-state index in [0.29, 0.717) is 22.5 Å². The van der Waals surface area contributed by atoms with Crippen LogP contribution >= 0.6 is 24.0 Å². The van der Waals surface area contributed by atoms with Crippen molar-refractivity contribution in [3.8, 4) is 0 Å². The Bertz CT molecular complexity index is 742. The number of benzene rings is 1. The molecule has 0 radical (unpaired) electrons. The van der Waals surface area contributed by atoms with Crippen LogP contribution in [0.1, 0.15) is 35.7 Å². The van der Waals surface area contributed by atoms with Crippen LogP contribution in [0.2, 0.25) is 0 Å². The normalized spacial score (nSPS) is 17.0. The van der Waals surface area contributed by atoms with Gasteiger partial charge in [0.2, 0.25) is 0 Å². The minimum atomic E-state index is -1.32. The standard InChI is InChI=1S/C17H17NO5S2/c1-3-4-12(15(20)21)18-14(19)13(25-17(18)24)9-10-5-7-11(8-6-10)16(22)23-2/h5-9,12H,3-4H2,1-2H3,(H,20,21)/p-1/b13-9-/t12-/m0/s1. The first-order valence-corrected chi connectivity index (χ1v) is 8.77. The average Bonchev–Trinajstić information content (AvgIpc) is 2.86. The van der Waals surface area contributed by atoms with Crippen molar-refractivity contribution < 1.29 is 24.2 Å². The van der Waals surface area contributed by atoms with Crippen molar-refractivity contribution in [1.29, 1.82) is 0 Å². The van der Waals surface area contributed by atoms with Crippen LogP contribution in [0.5, 0.6) is 0 Å². The highest BCUT2D eigenvalue weighted by atomic mass is 32.2. The Hall–Kier alpha value is -2.19. The zero-order valence-electron chi connectivity index (χ0n) is 13.7. The van der Waals surface area contributed by atoms with Crippen molar-refractivity contribution >= 4 is 52.2 Å². The molecule has 1 heterocycles. The Kier molecular flexibility index (Phi) is 6.33. The van der Waals surface area contributed by atoms with Crippen LogP contribution in [0.4, 0.5) is 0 Å². The highest BCUT2D eigenvalue weighted by Crippen LogP contribution is 2.34. The van der Waals surface area contributed by atoms with Crippen molar-refractivity contribution in [3.05, 3.63) is 40.3 Å². The molecular formula is C17H16NO5S2-. The fraction of sp³-hybridized carbons (Fsp3) is 0.294. The highest BCUT2D eigenvalue weighted by Gasteiger charge is 2.37. The SMILES string of the molecule is CCC[C@@H](C(=O)[O-])N1C(=O)/C(=C/c2ccc(C(=O)OC)cc2)SC1=S. The van der Waals surface area contributed by atoms with E-state index < -0.39 is 23.9 Å². The number of hydrogen-bond donors (Lipinski definition) is 0. The summed E-state index contributed by atoms with van der Waals surface area (Å²) in [6.07, 6.45) is 2.47. The Labute approximate surface area is 154 Å². The molecular weight excluding hydrogens is 362 g/mol. The Morgan fingerprint density at radius 2 is 2.00 bits per heavy atom. The molecule has 0 N–H and O–H groups in total. The summed E-state index contributed by atoms with van der Waals surface area (Å²) in [5.74, 6) is -2.22. The summed E-state index contributed by atoms with van der Waals surface area (Å²) in [6.45, 7) is 1.83. The largest absolute Gasteiger partial charge is 0.548 e. The zero-order valence-corrected chi connectivity index (χ0v) is 15.3. The predicted molar refractivity (Wildman–Crippen MR) is 96.5 cm³/mol. The van der Waals surface area contributed by atoms with Crippen molar-refractivity contribution in [2.75, 3.05) is 7.11 Å². The molecule has 6 nitrogen and oxygen atoms in total. The fourth-order valence-corrected chi connectivity index (χ4v) is 3.72. The molecule has 1 aromatic carbocycles. The lowest BCUT2D eigenvalue weighted by Crippen LogP contribution is -2.49. The Morgan fingerprint density at radius 1 is 1.36 bits per heavy atom. The van der Waals surface area contributed by atoms with E-state index in [2.05, 4.69) is 4.74 Å². The van der Waals surface area contributed by atoms with E-state index in [-0.39, 0.29) is 10.7 Å². The number of amides is 1. The van der Waals surface area contributed by atoms with E-state index in [1.807, 2.05) is 6.92 Å². The lowest BCUT2D eigenvalue weighted by Gasteiger charge is -2.27. The Morgan fingerprint density at radius 3 is 2.52 bits per heavy atom. The zero-order chi connectivity index (χ0) is 18.6. The number of thiocarbonyl (C=S) groups is 1. The van der Waals surface area contributed by atoms with Crippen LogP contribution in [0.3, 0.4) is 0 Å². The molecule has 1 amide bonds. The van der Waals surface area contributed by atoms with Crippen LogP contribution < -0.4 is 5.11 Å². The molecule has 0 bridgehead atoms. The van der Waals surface area contributed by atoms with Crippen LogP contribution in [0, 0.1) is 0 Å². The number of esters is 1. The van der Waals surface area contributed by atoms with Gasteiger partial charge in [-0.05, 0) is 30.2 Å². The summed E-state index contributed by atoms with van der Waals surface area (Å²) >= 11 is 6.22. The van der Waals surface area contributed by atoms with Crippen molar-refractivity contribution in [2.45, 2.75) is 25.8 Å². The van der Waals surface area contributed by atoms with Crippen molar-refractivity contribution in [2.24, 2.45) is 0 Å². The molecule has 0 saturated carbocycles. The van der Waals surface area contributed by atoms with Gasteiger partial charge in [-0.15, -0.1) is 0 Å². The third-order valence-electron chi connectivity index (χ3n) is 3.60. The van der Waals surface area contributed by atoms with Crippen LogP contribution in [0.15, 0.2) is 29.2 Å². The number of rotatable bonds is 6. The molecule has 1 aliphatic rings. The monoisotopic (exact) mass is 378 g/mol. The second-order valence-electron chi connectivity index (χ2n) is 5.29. The van der Waals surface area contributed by atoms with Gasteiger partial charge >= 0.3 is 5.97 Å². The number of carboxylic acid groups (broad SMARTS) is 1. The van der Waals surface area contributed by atoms with Gasteiger partial charge in [-0.2, -0.15) is 0 Å². The van der Waals surface area contributed by atoms with Crippen molar-refractivity contribution in [1.82, 2.24) is 4.90 Å². The summed E-state index contributed by atoms with van der Waals surface area (Å²) in [4.78, 5) is 36.7. The summed E-state index contributed by atoms with van der Waals surface area (Å²) in [7, 11) is 1.30. The Balaban J connectivity index is 2.24. The molecule has 1 atom stereocenters. The number of hydrogen-bond acceptors (Lipinski definition) is 7. The third kappa shape index (κ3) is 4.26. The minimum absolute atomic E-state index is 0.199. The quantitative estimate of drug-likeness (QED) is 0.422. The highest BCUT2D eigenvalue weighted by molar-refractivity contribution is 8.26. The van der Waals surface area contributed by atoms with Gasteiger partial charge in [0, 0.05) is 0 Å². The van der Waals surface area contributed by atoms with E-state index in [4.69, 9.17) is 12.2 Å². The van der Waals surface area contributed by atoms with Gasteiger partial charge < -0.3 is 14.6 Å². The van der Waals surface area contributed by atoms with Crippen molar-refractivity contribution in [3.63, 3.8) is 0 Å². The van der Waals surface area contributed by atoms with E-state index in [1.165, 1.54) is 7.11 Å². The van der Waals surface area contributed by atoms with Gasteiger partial charge in [-0.3, -0.25) is 9.69 Å². The third-order valence-corrected chi connectivity index (χ3v) is 4.93. The first-order valence-electron chi connectivity index (χ1n) is 7.55. The van der Waals surface area contributed by atoms with E-state index in [0.717, 1.165) is 16.7 Å². The first kappa shape index (κ1) is 19.1. The number of carboxylic acids is 1. The van der Waals surface area contributed by atoms with Gasteiger partial charge in [0.15, 0.2) is 0 Å². The molecule has 0 aromatic heterocycles. The molecule has 2 rings (SSSR count). The number of aliphatic carboxylic acids is 1. The predicted octanol–water partition coefficient (Wildman–Crippen LogP) is 1.59.